The van der Waals surface area contributed by atoms with Crippen LogP contribution in [0, 0.1) is 0 Å². The number of thioether (sulfide) groups is 1. The lowest BCUT2D eigenvalue weighted by Gasteiger charge is -2.13. The van der Waals surface area contributed by atoms with Crippen LogP contribution in [0.1, 0.15) is 12.6 Å². The fourth-order valence-electron chi connectivity index (χ4n) is 1.69. The Hall–Kier alpha value is -1.45. The molecule has 0 N–H and O–H groups in total. The Labute approximate surface area is 121 Å². The molecule has 0 atom stereocenters. The summed E-state index contributed by atoms with van der Waals surface area (Å²) in [7, 11) is 3.18. The minimum Gasteiger partial charge on any atom is -0.354 e. The van der Waals surface area contributed by atoms with Crippen LogP contribution < -0.4 is 0 Å². The Bertz CT molecular complexity index is 524. The number of aryl methyl sites for hydroxylation is 1. The third-order valence-corrected chi connectivity index (χ3v) is 3.83. The molecule has 2 aromatic heterocycles. The van der Waals surface area contributed by atoms with E-state index in [2.05, 4.69) is 32.0 Å². The predicted molar refractivity (Wildman–Crippen MR) is 73.1 cm³/mol. The second-order valence-electron chi connectivity index (χ2n) is 4.00. The van der Waals surface area contributed by atoms with E-state index in [4.69, 9.17) is 9.47 Å². The summed E-state index contributed by atoms with van der Waals surface area (Å²) < 4.78 is 14.1. The topological polar surface area (TPSA) is 79.9 Å². The molecule has 0 radical (unpaired) electrons. The lowest BCUT2D eigenvalue weighted by Crippen LogP contribution is -2.21. The SMILES string of the molecule is CCn1cncc1CSc1nnnn1CC(OC)OC. The van der Waals surface area contributed by atoms with Crippen LogP contribution in [0.2, 0.25) is 0 Å². The summed E-state index contributed by atoms with van der Waals surface area (Å²) in [5.74, 6) is 0.763. The van der Waals surface area contributed by atoms with Crippen LogP contribution in [-0.2, 0) is 28.3 Å². The summed E-state index contributed by atoms with van der Waals surface area (Å²) in [6, 6.07) is 0. The van der Waals surface area contributed by atoms with Crippen molar-refractivity contribution in [3.05, 3.63) is 18.2 Å². The maximum atomic E-state index is 5.15. The molecular formula is C11H18N6O2S. The van der Waals surface area contributed by atoms with Crippen LogP contribution in [0.4, 0.5) is 0 Å². The van der Waals surface area contributed by atoms with Gasteiger partial charge in [0.05, 0.1) is 12.9 Å². The van der Waals surface area contributed by atoms with Crippen molar-refractivity contribution in [3.8, 4) is 0 Å². The fraction of sp³-hybridized carbons (Fsp3) is 0.636. The Morgan fingerprint density at radius 3 is 2.85 bits per heavy atom. The molecule has 0 amide bonds. The Balaban J connectivity index is 1.98. The zero-order chi connectivity index (χ0) is 14.4. The van der Waals surface area contributed by atoms with Crippen LogP contribution in [0.25, 0.3) is 0 Å². The minimum atomic E-state index is -0.362. The number of hydrogen-bond acceptors (Lipinski definition) is 7. The van der Waals surface area contributed by atoms with Gasteiger partial charge in [0.15, 0.2) is 6.29 Å². The van der Waals surface area contributed by atoms with E-state index in [1.165, 1.54) is 0 Å². The molecule has 20 heavy (non-hydrogen) atoms. The number of ether oxygens (including phenoxy) is 2. The van der Waals surface area contributed by atoms with E-state index in [1.54, 1.807) is 30.7 Å². The molecule has 110 valence electrons. The first kappa shape index (κ1) is 14.9. The number of aromatic nitrogens is 6. The van der Waals surface area contributed by atoms with Gasteiger partial charge in [0, 0.05) is 38.4 Å². The van der Waals surface area contributed by atoms with Gasteiger partial charge in [-0.15, -0.1) is 5.10 Å². The molecule has 0 saturated carbocycles. The second-order valence-corrected chi connectivity index (χ2v) is 4.95. The average molecular weight is 298 g/mol. The van der Waals surface area contributed by atoms with Crippen molar-refractivity contribution in [3.63, 3.8) is 0 Å². The molecule has 9 heteroatoms. The first-order valence-electron chi connectivity index (χ1n) is 6.22. The van der Waals surface area contributed by atoms with Crippen molar-refractivity contribution in [2.24, 2.45) is 0 Å². The van der Waals surface area contributed by atoms with Crippen LogP contribution in [0.15, 0.2) is 17.7 Å². The summed E-state index contributed by atoms with van der Waals surface area (Å²) in [6.45, 7) is 3.44. The molecule has 0 saturated heterocycles. The van der Waals surface area contributed by atoms with Crippen molar-refractivity contribution >= 4 is 11.8 Å². The summed E-state index contributed by atoms with van der Waals surface area (Å²) in [5, 5.41) is 12.4. The molecule has 2 aromatic rings. The van der Waals surface area contributed by atoms with E-state index >= 15 is 0 Å². The van der Waals surface area contributed by atoms with E-state index in [-0.39, 0.29) is 6.29 Å². The zero-order valence-electron chi connectivity index (χ0n) is 11.8. The van der Waals surface area contributed by atoms with Gasteiger partial charge in [-0.2, -0.15) is 0 Å². The first-order valence-corrected chi connectivity index (χ1v) is 7.20. The smallest absolute Gasteiger partial charge is 0.209 e. The molecule has 2 heterocycles. The van der Waals surface area contributed by atoms with E-state index in [1.807, 2.05) is 12.5 Å². The lowest BCUT2D eigenvalue weighted by atomic mass is 10.5. The molecule has 0 aromatic carbocycles. The van der Waals surface area contributed by atoms with Gasteiger partial charge in [-0.3, -0.25) is 0 Å². The van der Waals surface area contributed by atoms with Crippen molar-refractivity contribution in [1.82, 2.24) is 29.8 Å². The van der Waals surface area contributed by atoms with Crippen molar-refractivity contribution < 1.29 is 9.47 Å². The van der Waals surface area contributed by atoms with Gasteiger partial charge in [0.2, 0.25) is 5.16 Å². The third-order valence-electron chi connectivity index (χ3n) is 2.84. The van der Waals surface area contributed by atoms with Crippen molar-refractivity contribution in [2.75, 3.05) is 14.2 Å². The minimum absolute atomic E-state index is 0.362. The third kappa shape index (κ3) is 3.56. The lowest BCUT2D eigenvalue weighted by molar-refractivity contribution is -0.113. The molecule has 0 unspecified atom stereocenters. The molecule has 0 fully saturated rings. The fourth-order valence-corrected chi connectivity index (χ4v) is 2.56. The Morgan fingerprint density at radius 1 is 1.35 bits per heavy atom. The van der Waals surface area contributed by atoms with Gasteiger partial charge < -0.3 is 14.0 Å². The highest BCUT2D eigenvalue weighted by Gasteiger charge is 2.13. The quantitative estimate of drug-likeness (QED) is 0.527. The van der Waals surface area contributed by atoms with Gasteiger partial charge in [-0.05, 0) is 17.4 Å². The van der Waals surface area contributed by atoms with Crippen LogP contribution in [-0.4, -0.2) is 50.3 Å². The normalized spacial score (nSPS) is 11.4. The molecular weight excluding hydrogens is 280 g/mol. The number of imidazole rings is 1. The predicted octanol–water partition coefficient (Wildman–Crippen LogP) is 0.801. The summed E-state index contributed by atoms with van der Waals surface area (Å²) >= 11 is 1.56. The van der Waals surface area contributed by atoms with Gasteiger partial charge in [-0.25, -0.2) is 9.67 Å². The van der Waals surface area contributed by atoms with E-state index in [9.17, 15) is 0 Å². The second kappa shape index (κ2) is 7.36. The molecule has 0 bridgehead atoms. The Kier molecular flexibility index (Phi) is 5.50. The maximum Gasteiger partial charge on any atom is 0.209 e. The molecule has 8 nitrogen and oxygen atoms in total. The summed E-state index contributed by atoms with van der Waals surface area (Å²) in [6.07, 6.45) is 3.32. The van der Waals surface area contributed by atoms with Crippen LogP contribution >= 0.6 is 11.8 Å². The molecule has 0 aliphatic carbocycles. The highest BCUT2D eigenvalue weighted by molar-refractivity contribution is 7.98. The standard InChI is InChI=1S/C11H18N6O2S/c1-4-16-8-12-5-9(16)7-20-11-13-14-15-17(11)6-10(18-2)19-3/h5,8,10H,4,6-7H2,1-3H3. The number of tetrazole rings is 1. The van der Waals surface area contributed by atoms with Gasteiger partial charge in [0.1, 0.15) is 0 Å². The number of methoxy groups -OCH3 is 2. The summed E-state index contributed by atoms with van der Waals surface area (Å²) in [5.41, 5.74) is 1.14. The monoisotopic (exact) mass is 298 g/mol. The average Bonchev–Trinajstić information content (AvgIpc) is 3.10. The van der Waals surface area contributed by atoms with Gasteiger partial charge in [0.25, 0.3) is 0 Å². The van der Waals surface area contributed by atoms with E-state index < -0.39 is 0 Å². The molecule has 0 aliphatic heterocycles. The number of hydrogen-bond donors (Lipinski definition) is 0. The molecule has 0 aliphatic rings. The van der Waals surface area contributed by atoms with Crippen LogP contribution in [0.3, 0.4) is 0 Å². The Morgan fingerprint density at radius 2 is 2.15 bits per heavy atom. The molecule has 2 rings (SSSR count). The van der Waals surface area contributed by atoms with Gasteiger partial charge in [-0.1, -0.05) is 11.8 Å². The summed E-state index contributed by atoms with van der Waals surface area (Å²) in [4.78, 5) is 4.14. The van der Waals surface area contributed by atoms with E-state index in [0.29, 0.717) is 6.54 Å². The van der Waals surface area contributed by atoms with Crippen LogP contribution in [0.5, 0.6) is 0 Å². The van der Waals surface area contributed by atoms with E-state index in [0.717, 1.165) is 23.1 Å². The van der Waals surface area contributed by atoms with Crippen molar-refractivity contribution in [2.45, 2.75) is 37.2 Å². The van der Waals surface area contributed by atoms with Gasteiger partial charge >= 0.3 is 0 Å². The highest BCUT2D eigenvalue weighted by Crippen LogP contribution is 2.20. The highest BCUT2D eigenvalue weighted by atomic mass is 32.2. The van der Waals surface area contributed by atoms with Crippen molar-refractivity contribution in [1.29, 1.82) is 0 Å². The maximum absolute atomic E-state index is 5.15. The largest absolute Gasteiger partial charge is 0.354 e. The number of nitrogens with zero attached hydrogens (tertiary/aromatic N) is 6. The number of rotatable bonds is 8. The molecule has 0 spiro atoms. The zero-order valence-corrected chi connectivity index (χ0v) is 12.6. The first-order chi connectivity index (χ1) is 9.78.